The molecule has 0 spiro atoms. The standard InChI is InChI=1S/C12H11F3N2OS2/c1-2-6-20(18)11-16-8(9-4-3-5-19-9)7-10(17-11)12(13,14)15/h3-5,7H,2,6H2,1H3. The van der Waals surface area contributed by atoms with Gasteiger partial charge in [0, 0.05) is 11.2 Å². The first-order valence-corrected chi connectivity index (χ1v) is 8.00. The van der Waals surface area contributed by atoms with E-state index in [9.17, 15) is 17.7 Å². The molecule has 0 saturated carbocycles. The fourth-order valence-electron chi connectivity index (χ4n) is 1.50. The van der Waals surface area contributed by atoms with Crippen molar-refractivity contribution < 1.29 is 17.7 Å². The fraction of sp³-hybridized carbons (Fsp3) is 0.333. The van der Waals surface area contributed by atoms with Crippen LogP contribution in [0.2, 0.25) is 0 Å². The van der Waals surface area contributed by atoms with E-state index >= 15 is 0 Å². The maximum atomic E-state index is 12.9. The van der Waals surface area contributed by atoms with Crippen LogP contribution in [0.3, 0.4) is 0 Å². The van der Waals surface area contributed by atoms with Gasteiger partial charge in [-0.3, -0.25) is 0 Å². The van der Waals surface area contributed by atoms with Crippen LogP contribution in [-0.2, 0) is 17.4 Å². The molecule has 8 heteroatoms. The van der Waals surface area contributed by atoms with Crippen molar-refractivity contribution in [3.8, 4) is 10.6 Å². The summed E-state index contributed by atoms with van der Waals surface area (Å²) in [5.41, 5.74) is -0.905. The smallest absolute Gasteiger partial charge is 0.433 e. The van der Waals surface area contributed by atoms with E-state index in [1.54, 1.807) is 24.4 Å². The Morgan fingerprint density at radius 2 is 2.10 bits per heavy atom. The summed E-state index contributed by atoms with van der Waals surface area (Å²) < 4.78 is 50.4. The van der Waals surface area contributed by atoms with Crippen LogP contribution in [0.5, 0.6) is 0 Å². The Balaban J connectivity index is 2.50. The lowest BCUT2D eigenvalue weighted by molar-refractivity contribution is -0.141. The van der Waals surface area contributed by atoms with E-state index < -0.39 is 23.0 Å². The first-order valence-electron chi connectivity index (χ1n) is 5.80. The predicted octanol–water partition coefficient (Wildman–Crippen LogP) is 3.74. The number of hydrogen-bond acceptors (Lipinski definition) is 4. The monoisotopic (exact) mass is 320 g/mol. The van der Waals surface area contributed by atoms with Gasteiger partial charge in [0.15, 0.2) is 5.69 Å². The van der Waals surface area contributed by atoms with Crippen LogP contribution in [0.25, 0.3) is 10.6 Å². The maximum absolute atomic E-state index is 12.9. The molecule has 108 valence electrons. The van der Waals surface area contributed by atoms with E-state index in [-0.39, 0.29) is 16.6 Å². The first kappa shape index (κ1) is 15.3. The van der Waals surface area contributed by atoms with Gasteiger partial charge in [-0.05, 0) is 23.9 Å². The second-order valence-corrected chi connectivity index (χ2v) is 6.36. The Labute approximate surface area is 121 Å². The van der Waals surface area contributed by atoms with Crippen LogP contribution >= 0.6 is 11.3 Å². The van der Waals surface area contributed by atoms with Crippen LogP contribution in [-0.4, -0.2) is 20.3 Å². The van der Waals surface area contributed by atoms with Crippen molar-refractivity contribution >= 4 is 22.5 Å². The summed E-state index contributed by atoms with van der Waals surface area (Å²) in [6, 6.07) is 4.27. The fourth-order valence-corrected chi connectivity index (χ4v) is 3.14. The van der Waals surface area contributed by atoms with E-state index in [4.69, 9.17) is 0 Å². The van der Waals surface area contributed by atoms with Gasteiger partial charge in [-0.2, -0.15) is 23.1 Å². The lowest BCUT2D eigenvalue weighted by Crippen LogP contribution is -2.16. The second-order valence-electron chi connectivity index (χ2n) is 3.95. The first-order chi connectivity index (χ1) is 9.41. The Morgan fingerprint density at radius 3 is 2.65 bits per heavy atom. The molecule has 2 aromatic rings. The van der Waals surface area contributed by atoms with E-state index in [0.29, 0.717) is 11.3 Å². The van der Waals surface area contributed by atoms with Crippen LogP contribution in [0.4, 0.5) is 13.2 Å². The normalized spacial score (nSPS) is 13.4. The summed E-state index contributed by atoms with van der Waals surface area (Å²) in [5, 5.41) is 1.48. The quantitative estimate of drug-likeness (QED) is 0.637. The zero-order chi connectivity index (χ0) is 14.8. The molecule has 2 aromatic heterocycles. The molecule has 0 N–H and O–H groups in total. The van der Waals surface area contributed by atoms with Gasteiger partial charge < -0.3 is 4.55 Å². The molecule has 0 bridgehead atoms. The third kappa shape index (κ3) is 3.50. The largest absolute Gasteiger partial charge is 0.609 e. The highest BCUT2D eigenvalue weighted by Crippen LogP contribution is 2.32. The summed E-state index contributed by atoms with van der Waals surface area (Å²) in [4.78, 5) is 8.00. The zero-order valence-electron chi connectivity index (χ0n) is 10.5. The van der Waals surface area contributed by atoms with Crippen LogP contribution in [0.15, 0.2) is 28.7 Å². The van der Waals surface area contributed by atoms with E-state index in [0.717, 1.165) is 6.07 Å². The summed E-state index contributed by atoms with van der Waals surface area (Å²) in [6.45, 7) is 1.80. The third-order valence-electron chi connectivity index (χ3n) is 2.36. The number of rotatable bonds is 4. The molecule has 0 amide bonds. The van der Waals surface area contributed by atoms with Crippen molar-refractivity contribution in [1.29, 1.82) is 0 Å². The molecule has 1 atom stereocenters. The zero-order valence-corrected chi connectivity index (χ0v) is 12.1. The van der Waals surface area contributed by atoms with Gasteiger partial charge >= 0.3 is 11.3 Å². The predicted molar refractivity (Wildman–Crippen MR) is 71.9 cm³/mol. The Hall–Kier alpha value is -1.12. The van der Waals surface area contributed by atoms with Gasteiger partial charge in [0.1, 0.15) is 5.75 Å². The summed E-state index contributed by atoms with van der Waals surface area (Å²) >= 11 is -0.345. The van der Waals surface area contributed by atoms with E-state index in [1.807, 2.05) is 0 Å². The van der Waals surface area contributed by atoms with E-state index in [2.05, 4.69) is 9.97 Å². The number of alkyl halides is 3. The summed E-state index contributed by atoms with van der Waals surface area (Å²) in [7, 11) is 0. The number of thiophene rings is 1. The maximum Gasteiger partial charge on any atom is 0.433 e. The second kappa shape index (κ2) is 6.11. The van der Waals surface area contributed by atoms with Crippen LogP contribution in [0.1, 0.15) is 19.0 Å². The van der Waals surface area contributed by atoms with Gasteiger partial charge in [0.2, 0.25) is 0 Å². The van der Waals surface area contributed by atoms with Crippen molar-refractivity contribution in [1.82, 2.24) is 9.97 Å². The molecule has 0 aliphatic heterocycles. The molecular weight excluding hydrogens is 309 g/mol. The van der Waals surface area contributed by atoms with Crippen molar-refractivity contribution in [2.24, 2.45) is 0 Å². The molecule has 1 unspecified atom stereocenters. The molecule has 3 nitrogen and oxygen atoms in total. The number of hydrogen-bond donors (Lipinski definition) is 0. The van der Waals surface area contributed by atoms with Crippen molar-refractivity contribution in [2.45, 2.75) is 24.7 Å². The Kier molecular flexibility index (Phi) is 4.66. The molecule has 2 rings (SSSR count). The molecule has 0 radical (unpaired) electrons. The average molecular weight is 320 g/mol. The lowest BCUT2D eigenvalue weighted by Gasteiger charge is -2.11. The molecule has 0 saturated heterocycles. The minimum absolute atomic E-state index is 0.154. The van der Waals surface area contributed by atoms with Crippen molar-refractivity contribution in [3.05, 3.63) is 29.3 Å². The third-order valence-corrected chi connectivity index (χ3v) is 4.62. The van der Waals surface area contributed by atoms with Crippen molar-refractivity contribution in [2.75, 3.05) is 5.75 Å². The van der Waals surface area contributed by atoms with Gasteiger partial charge in [-0.1, -0.05) is 13.0 Å². The van der Waals surface area contributed by atoms with Crippen LogP contribution < -0.4 is 0 Å². The van der Waals surface area contributed by atoms with Crippen LogP contribution in [0, 0.1) is 0 Å². The van der Waals surface area contributed by atoms with E-state index in [1.165, 1.54) is 11.3 Å². The van der Waals surface area contributed by atoms with Gasteiger partial charge in [-0.25, -0.2) is 0 Å². The molecule has 0 aliphatic carbocycles. The van der Waals surface area contributed by atoms with Crippen molar-refractivity contribution in [3.63, 3.8) is 0 Å². The molecule has 0 aromatic carbocycles. The van der Waals surface area contributed by atoms with Gasteiger partial charge in [0.05, 0.1) is 10.6 Å². The summed E-state index contributed by atoms with van der Waals surface area (Å²) in [5.74, 6) is 0.241. The Morgan fingerprint density at radius 1 is 1.35 bits per heavy atom. The average Bonchev–Trinajstić information content (AvgIpc) is 2.91. The number of halogens is 3. The minimum atomic E-state index is -4.58. The van der Waals surface area contributed by atoms with Gasteiger partial charge in [-0.15, -0.1) is 11.3 Å². The van der Waals surface area contributed by atoms with Gasteiger partial charge in [0.25, 0.3) is 0 Å². The molecule has 0 fully saturated rings. The topological polar surface area (TPSA) is 48.8 Å². The number of aromatic nitrogens is 2. The highest BCUT2D eigenvalue weighted by atomic mass is 32.2. The molecule has 2 heterocycles. The number of nitrogens with zero attached hydrogens (tertiary/aromatic N) is 2. The molecular formula is C12H11F3N2OS2. The summed E-state index contributed by atoms with van der Waals surface area (Å²) in [6.07, 6.45) is -4.00. The Bertz CT molecular complexity index is 573. The molecule has 0 aliphatic rings. The minimum Gasteiger partial charge on any atom is -0.609 e. The lowest BCUT2D eigenvalue weighted by atomic mass is 10.3. The molecule has 20 heavy (non-hydrogen) atoms. The SMILES string of the molecule is CCC[S+]([O-])c1nc(-c2cccs2)cc(C(F)(F)F)n1. The highest BCUT2D eigenvalue weighted by molar-refractivity contribution is 7.91. The highest BCUT2D eigenvalue weighted by Gasteiger charge is 2.35.